The van der Waals surface area contributed by atoms with Crippen molar-refractivity contribution in [1.82, 2.24) is 34.4 Å². The first kappa shape index (κ1) is 22.1. The normalized spacial score (nSPS) is 19.1. The number of likely N-dealkylation sites (N-methyl/N-ethyl adjacent to an activating group) is 1. The highest BCUT2D eigenvalue weighted by Crippen LogP contribution is 2.49. The first-order valence-corrected chi connectivity index (χ1v) is 12.9. The molecule has 1 spiro atoms. The molecule has 2 aliphatic rings. The third-order valence-electron chi connectivity index (χ3n) is 7.80. The number of nitrogens with one attached hydrogen (secondary N) is 1. The number of aryl methyl sites for hydroxylation is 1. The zero-order valence-electron chi connectivity index (χ0n) is 25.2. The molecule has 0 unspecified atom stereocenters. The summed E-state index contributed by atoms with van der Waals surface area (Å²) >= 11 is 0. The molecule has 0 saturated carbocycles. The Morgan fingerprint density at radius 2 is 1.85 bits per heavy atom. The largest absolute Gasteiger partial charge is 0.495 e. The zero-order chi connectivity index (χ0) is 30.9. The number of halogens is 2. The van der Waals surface area contributed by atoms with E-state index in [0.717, 1.165) is 5.56 Å². The average Bonchev–Trinajstić information content (AvgIpc) is 3.49. The maximum atomic E-state index is 14.3. The Morgan fingerprint density at radius 3 is 2.63 bits per heavy atom. The molecule has 2 saturated heterocycles. The van der Waals surface area contributed by atoms with Crippen LogP contribution in [0.5, 0.6) is 17.4 Å². The van der Waals surface area contributed by atoms with Crippen LogP contribution in [0.4, 0.5) is 26.0 Å². The molecule has 0 bridgehead atoms. The molecule has 3 aromatic heterocycles. The molecule has 2 fully saturated rings. The summed E-state index contributed by atoms with van der Waals surface area (Å²) in [7, 11) is -1.04. The fourth-order valence-corrected chi connectivity index (χ4v) is 5.83. The quantitative estimate of drug-likeness (QED) is 0.319. The van der Waals surface area contributed by atoms with Crippen LogP contribution in [0.25, 0.3) is 16.6 Å². The Kier molecular flexibility index (Phi) is 4.95. The maximum absolute atomic E-state index is 14.3. The first-order valence-electron chi connectivity index (χ1n) is 14.4. The number of hydrogen-bond donors (Lipinski definition) is 1. The van der Waals surface area contributed by atoms with Gasteiger partial charge in [-0.05, 0) is 49.9 Å². The molecule has 0 atom stereocenters. The lowest BCUT2D eigenvalue weighted by atomic mass is 9.85. The number of ether oxygens (including phenoxy) is 2. The molecular formula is C28H27F2N9O2. The minimum atomic E-state index is -2.79. The highest BCUT2D eigenvalue weighted by molar-refractivity contribution is 6.03. The fraction of sp³-hybridized carbons (Fsp3) is 0.321. The van der Waals surface area contributed by atoms with Crippen molar-refractivity contribution in [3.8, 4) is 17.4 Å². The van der Waals surface area contributed by atoms with E-state index in [9.17, 15) is 8.78 Å². The number of likely N-dealkylation sites (tertiary alicyclic amines) is 1. The van der Waals surface area contributed by atoms with E-state index in [4.69, 9.17) is 13.6 Å². The van der Waals surface area contributed by atoms with Gasteiger partial charge in [0.15, 0.2) is 5.65 Å². The number of benzene rings is 2. The standard InChI is InChI=1S/C28H27F2N9O2/c1-17-8-18(4-6-20(17)41-23-9-22-32-15-35-39(22)16-34-23)36-26-24-19(31-14-33-26)5-7-21(40-3)25(24)38-11-27(12-38)10-28(29,30)13-37(27)2/h4-9,14-16H,10-13H2,1-3H3,(H,31,33,36)/i3D3. The first-order chi connectivity index (χ1) is 20.9. The summed E-state index contributed by atoms with van der Waals surface area (Å²) in [5.41, 5.74) is 2.32. The van der Waals surface area contributed by atoms with Crippen LogP contribution < -0.4 is 19.7 Å². The maximum Gasteiger partial charge on any atom is 0.262 e. The lowest BCUT2D eigenvalue weighted by Crippen LogP contribution is -2.67. The van der Waals surface area contributed by atoms with Gasteiger partial charge in [0.2, 0.25) is 5.88 Å². The van der Waals surface area contributed by atoms with Crippen molar-refractivity contribution in [2.24, 2.45) is 0 Å². The molecule has 2 aromatic carbocycles. The topological polar surface area (TPSA) is 106 Å². The summed E-state index contributed by atoms with van der Waals surface area (Å²) in [5, 5.41) is 7.86. The molecule has 13 heteroatoms. The number of methoxy groups -OCH3 is 1. The molecule has 2 aliphatic heterocycles. The van der Waals surface area contributed by atoms with E-state index in [1.54, 1.807) is 36.2 Å². The van der Waals surface area contributed by atoms with Gasteiger partial charge in [-0.3, -0.25) is 4.90 Å². The summed E-state index contributed by atoms with van der Waals surface area (Å²) < 4.78 is 64.8. The van der Waals surface area contributed by atoms with Crippen molar-refractivity contribution < 1.29 is 22.4 Å². The number of fused-ring (bicyclic) bond motifs is 2. The summed E-state index contributed by atoms with van der Waals surface area (Å²) in [4.78, 5) is 20.8. The Balaban J connectivity index is 1.22. The Bertz CT molecular complexity index is 1900. The van der Waals surface area contributed by atoms with Gasteiger partial charge in [0.25, 0.3) is 5.92 Å². The summed E-state index contributed by atoms with van der Waals surface area (Å²) in [6.07, 6.45) is 4.07. The van der Waals surface area contributed by atoms with Crippen LogP contribution in [0.15, 0.2) is 55.4 Å². The summed E-state index contributed by atoms with van der Waals surface area (Å²) in [6.45, 7) is 2.10. The van der Waals surface area contributed by atoms with E-state index < -0.39 is 18.5 Å². The predicted octanol–water partition coefficient (Wildman–Crippen LogP) is 4.45. The summed E-state index contributed by atoms with van der Waals surface area (Å²) in [6, 6.07) is 10.3. The Morgan fingerprint density at radius 1 is 1.00 bits per heavy atom. The van der Waals surface area contributed by atoms with E-state index in [1.807, 2.05) is 24.0 Å². The molecular weight excluding hydrogens is 532 g/mol. The van der Waals surface area contributed by atoms with Crippen molar-refractivity contribution in [3.05, 3.63) is 60.9 Å². The fourth-order valence-electron chi connectivity index (χ4n) is 5.83. The third-order valence-corrected chi connectivity index (χ3v) is 7.80. The van der Waals surface area contributed by atoms with Crippen LogP contribution in [-0.4, -0.2) is 79.6 Å². The van der Waals surface area contributed by atoms with Crippen LogP contribution >= 0.6 is 0 Å². The van der Waals surface area contributed by atoms with Gasteiger partial charge in [0.1, 0.15) is 36.3 Å². The van der Waals surface area contributed by atoms with Crippen LogP contribution in [0.2, 0.25) is 0 Å². The van der Waals surface area contributed by atoms with Crippen LogP contribution in [-0.2, 0) is 0 Å². The van der Waals surface area contributed by atoms with E-state index in [1.165, 1.54) is 23.5 Å². The minimum Gasteiger partial charge on any atom is -0.495 e. The molecule has 5 aromatic rings. The number of aromatic nitrogens is 6. The molecule has 0 aliphatic carbocycles. The van der Waals surface area contributed by atoms with E-state index in [2.05, 4.69) is 30.4 Å². The van der Waals surface area contributed by atoms with Gasteiger partial charge in [0, 0.05) is 31.3 Å². The third kappa shape index (κ3) is 4.32. The highest BCUT2D eigenvalue weighted by Gasteiger charge is 2.59. The second-order valence-corrected chi connectivity index (χ2v) is 10.6. The van der Waals surface area contributed by atoms with Gasteiger partial charge in [-0.2, -0.15) is 5.10 Å². The summed E-state index contributed by atoms with van der Waals surface area (Å²) in [5.74, 6) is -1.35. The van der Waals surface area contributed by atoms with Gasteiger partial charge >= 0.3 is 0 Å². The lowest BCUT2D eigenvalue weighted by molar-refractivity contribution is 0.0117. The van der Waals surface area contributed by atoms with Crippen LogP contribution in [0.1, 0.15) is 16.1 Å². The molecule has 210 valence electrons. The smallest absolute Gasteiger partial charge is 0.262 e. The van der Waals surface area contributed by atoms with Crippen molar-refractivity contribution >= 4 is 33.7 Å². The number of rotatable bonds is 6. The van der Waals surface area contributed by atoms with Gasteiger partial charge in [-0.1, -0.05) is 0 Å². The van der Waals surface area contributed by atoms with Crippen molar-refractivity contribution in [2.75, 3.05) is 43.9 Å². The molecule has 5 heterocycles. The monoisotopic (exact) mass is 562 g/mol. The van der Waals surface area contributed by atoms with Crippen molar-refractivity contribution in [1.29, 1.82) is 0 Å². The predicted molar refractivity (Wildman–Crippen MR) is 149 cm³/mol. The zero-order valence-corrected chi connectivity index (χ0v) is 22.2. The Labute approximate surface area is 238 Å². The number of alkyl halides is 2. The Hall–Kier alpha value is -4.65. The second-order valence-electron chi connectivity index (χ2n) is 10.6. The molecule has 0 radical (unpaired) electrons. The van der Waals surface area contributed by atoms with E-state index >= 15 is 0 Å². The number of hydrogen-bond acceptors (Lipinski definition) is 10. The molecule has 41 heavy (non-hydrogen) atoms. The number of nitrogens with zero attached hydrogens (tertiary/aromatic N) is 8. The molecule has 7 rings (SSSR count). The van der Waals surface area contributed by atoms with Crippen molar-refractivity contribution in [3.63, 3.8) is 0 Å². The molecule has 11 nitrogen and oxygen atoms in total. The molecule has 1 N–H and O–H groups in total. The van der Waals surface area contributed by atoms with Crippen LogP contribution in [0, 0.1) is 6.92 Å². The minimum absolute atomic E-state index is 0.0923. The van der Waals surface area contributed by atoms with Gasteiger partial charge in [-0.15, -0.1) is 0 Å². The average molecular weight is 563 g/mol. The number of anilines is 3. The highest BCUT2D eigenvalue weighted by atomic mass is 19.3. The van der Waals surface area contributed by atoms with Gasteiger partial charge in [0.05, 0.1) is 39.8 Å². The SMILES string of the molecule is [2H]C([2H])([2H])Oc1ccc2ncnc(Nc3ccc(Oc4cc5ncnn5cn4)c(C)c3)c2c1N1CC2(C1)CC(F)(F)CN2C. The van der Waals surface area contributed by atoms with Gasteiger partial charge in [-0.25, -0.2) is 33.2 Å². The van der Waals surface area contributed by atoms with Crippen LogP contribution in [0.3, 0.4) is 0 Å². The molecule has 0 amide bonds. The second kappa shape index (κ2) is 9.20. The van der Waals surface area contributed by atoms with Crippen molar-refractivity contribution in [2.45, 2.75) is 24.8 Å². The van der Waals surface area contributed by atoms with Gasteiger partial charge < -0.3 is 19.7 Å². The van der Waals surface area contributed by atoms with E-state index in [0.29, 0.717) is 45.4 Å². The lowest BCUT2D eigenvalue weighted by Gasteiger charge is -2.53. The van der Waals surface area contributed by atoms with E-state index in [-0.39, 0.29) is 31.8 Å².